The molecule has 2 aromatic rings. The van der Waals surface area contributed by atoms with Crippen molar-refractivity contribution in [1.82, 2.24) is 4.90 Å². The van der Waals surface area contributed by atoms with Crippen molar-refractivity contribution in [2.24, 2.45) is 0 Å². The van der Waals surface area contributed by atoms with Gasteiger partial charge in [-0.05, 0) is 24.3 Å². The molecule has 2 aromatic carbocycles. The van der Waals surface area contributed by atoms with E-state index in [1.807, 2.05) is 0 Å². The zero-order valence-corrected chi connectivity index (χ0v) is 12.0. The van der Waals surface area contributed by atoms with Crippen molar-refractivity contribution in [2.45, 2.75) is 12.8 Å². The SMILES string of the molecule is O=C1c2ccccc2C(O)N1Cc1cc(Br)ccc1F. The van der Waals surface area contributed by atoms with E-state index in [4.69, 9.17) is 0 Å². The van der Waals surface area contributed by atoms with Gasteiger partial charge in [-0.1, -0.05) is 34.1 Å². The Morgan fingerprint density at radius 3 is 2.75 bits per heavy atom. The van der Waals surface area contributed by atoms with Crippen LogP contribution in [0.15, 0.2) is 46.9 Å². The fourth-order valence-corrected chi connectivity index (χ4v) is 2.77. The maximum absolute atomic E-state index is 13.8. The molecule has 1 N–H and O–H groups in total. The van der Waals surface area contributed by atoms with E-state index >= 15 is 0 Å². The quantitative estimate of drug-likeness (QED) is 0.915. The first-order valence-corrected chi connectivity index (χ1v) is 6.89. The summed E-state index contributed by atoms with van der Waals surface area (Å²) in [5.41, 5.74) is 1.39. The van der Waals surface area contributed by atoms with Crippen molar-refractivity contribution >= 4 is 21.8 Å². The van der Waals surface area contributed by atoms with Crippen LogP contribution < -0.4 is 0 Å². The van der Waals surface area contributed by atoms with E-state index in [0.717, 1.165) is 4.47 Å². The Labute approximate surface area is 123 Å². The molecule has 0 radical (unpaired) electrons. The van der Waals surface area contributed by atoms with Gasteiger partial charge in [0.05, 0.1) is 6.54 Å². The summed E-state index contributed by atoms with van der Waals surface area (Å²) in [7, 11) is 0. The maximum Gasteiger partial charge on any atom is 0.256 e. The number of amides is 1. The van der Waals surface area contributed by atoms with Crippen molar-refractivity contribution in [3.8, 4) is 0 Å². The first-order chi connectivity index (χ1) is 9.58. The summed E-state index contributed by atoms with van der Waals surface area (Å²) < 4.78 is 14.5. The van der Waals surface area contributed by atoms with Gasteiger partial charge in [-0.15, -0.1) is 0 Å². The number of fused-ring (bicyclic) bond motifs is 1. The minimum absolute atomic E-state index is 0.0277. The normalized spacial score (nSPS) is 17.4. The zero-order chi connectivity index (χ0) is 14.3. The number of nitrogens with zero attached hydrogens (tertiary/aromatic N) is 1. The molecule has 0 fully saturated rings. The summed E-state index contributed by atoms with van der Waals surface area (Å²) in [4.78, 5) is 13.5. The van der Waals surface area contributed by atoms with E-state index in [1.54, 1.807) is 36.4 Å². The van der Waals surface area contributed by atoms with E-state index in [9.17, 15) is 14.3 Å². The molecule has 20 heavy (non-hydrogen) atoms. The standard InChI is InChI=1S/C15H11BrFNO2/c16-10-5-6-13(17)9(7-10)8-18-14(19)11-3-1-2-4-12(11)15(18)20/h1-7,14,19H,8H2. The first kappa shape index (κ1) is 13.3. The molecule has 1 unspecified atom stereocenters. The average Bonchev–Trinajstić information content (AvgIpc) is 2.68. The minimum Gasteiger partial charge on any atom is -0.369 e. The van der Waals surface area contributed by atoms with Crippen LogP contribution in [0.2, 0.25) is 0 Å². The van der Waals surface area contributed by atoms with Gasteiger partial charge in [0.15, 0.2) is 6.23 Å². The molecular weight excluding hydrogens is 325 g/mol. The zero-order valence-electron chi connectivity index (χ0n) is 10.4. The molecule has 5 heteroatoms. The van der Waals surface area contributed by atoms with Gasteiger partial charge in [0.25, 0.3) is 5.91 Å². The van der Waals surface area contributed by atoms with Crippen molar-refractivity contribution in [3.05, 3.63) is 69.4 Å². The van der Waals surface area contributed by atoms with Crippen LogP contribution in [-0.4, -0.2) is 15.9 Å². The van der Waals surface area contributed by atoms with Crippen molar-refractivity contribution in [2.75, 3.05) is 0 Å². The molecule has 1 aliphatic rings. The highest BCUT2D eigenvalue weighted by Crippen LogP contribution is 2.33. The molecular formula is C15H11BrFNO2. The van der Waals surface area contributed by atoms with Gasteiger partial charge in [-0.3, -0.25) is 4.79 Å². The van der Waals surface area contributed by atoms with Crippen LogP contribution in [-0.2, 0) is 6.54 Å². The summed E-state index contributed by atoms with van der Waals surface area (Å²) in [6.07, 6.45) is -1.03. The molecule has 0 bridgehead atoms. The molecule has 1 atom stereocenters. The van der Waals surface area contributed by atoms with Gasteiger partial charge in [-0.2, -0.15) is 0 Å². The summed E-state index contributed by atoms with van der Waals surface area (Å²) in [6.45, 7) is 0.0277. The summed E-state index contributed by atoms with van der Waals surface area (Å²) in [6, 6.07) is 11.4. The van der Waals surface area contributed by atoms with E-state index in [0.29, 0.717) is 16.7 Å². The monoisotopic (exact) mass is 335 g/mol. The Morgan fingerprint density at radius 1 is 1.25 bits per heavy atom. The molecule has 1 aliphatic heterocycles. The Balaban J connectivity index is 1.94. The van der Waals surface area contributed by atoms with Crippen LogP contribution in [0.1, 0.15) is 27.7 Å². The predicted molar refractivity (Wildman–Crippen MR) is 75.4 cm³/mol. The first-order valence-electron chi connectivity index (χ1n) is 6.10. The van der Waals surface area contributed by atoms with Crippen molar-refractivity contribution in [1.29, 1.82) is 0 Å². The van der Waals surface area contributed by atoms with Gasteiger partial charge in [0.1, 0.15) is 5.82 Å². The molecule has 0 spiro atoms. The molecule has 1 heterocycles. The van der Waals surface area contributed by atoms with Gasteiger partial charge >= 0.3 is 0 Å². The Kier molecular flexibility index (Phi) is 3.31. The third kappa shape index (κ3) is 2.13. The van der Waals surface area contributed by atoms with Crippen LogP contribution in [0.3, 0.4) is 0 Å². The minimum atomic E-state index is -1.03. The van der Waals surface area contributed by atoms with Gasteiger partial charge in [0.2, 0.25) is 0 Å². The van der Waals surface area contributed by atoms with Gasteiger partial charge in [0, 0.05) is 21.2 Å². The summed E-state index contributed by atoms with van der Waals surface area (Å²) in [5.74, 6) is -0.684. The number of aliphatic hydroxyl groups excluding tert-OH is 1. The van der Waals surface area contributed by atoms with Crippen LogP contribution in [0.5, 0.6) is 0 Å². The summed E-state index contributed by atoms with van der Waals surface area (Å²) in [5, 5.41) is 10.2. The number of carbonyl (C=O) groups is 1. The average molecular weight is 336 g/mol. The number of rotatable bonds is 2. The van der Waals surface area contributed by atoms with Crippen LogP contribution in [0, 0.1) is 5.82 Å². The predicted octanol–water partition coefficient (Wildman–Crippen LogP) is 3.24. The summed E-state index contributed by atoms with van der Waals surface area (Å²) >= 11 is 3.27. The van der Waals surface area contributed by atoms with Crippen LogP contribution in [0.25, 0.3) is 0 Å². The highest BCUT2D eigenvalue weighted by atomic mass is 79.9. The fraction of sp³-hybridized carbons (Fsp3) is 0.133. The van der Waals surface area contributed by atoms with E-state index in [1.165, 1.54) is 11.0 Å². The molecule has 3 nitrogen and oxygen atoms in total. The number of hydrogen-bond donors (Lipinski definition) is 1. The second-order valence-electron chi connectivity index (χ2n) is 4.63. The van der Waals surface area contributed by atoms with E-state index in [-0.39, 0.29) is 12.5 Å². The Morgan fingerprint density at radius 2 is 2.00 bits per heavy atom. The van der Waals surface area contributed by atoms with E-state index in [2.05, 4.69) is 15.9 Å². The lowest BCUT2D eigenvalue weighted by molar-refractivity contribution is 0.0133. The lowest BCUT2D eigenvalue weighted by Gasteiger charge is -2.21. The fourth-order valence-electron chi connectivity index (χ4n) is 2.36. The number of halogens is 2. The largest absolute Gasteiger partial charge is 0.369 e. The second kappa shape index (κ2) is 5.00. The Bertz CT molecular complexity index is 689. The molecule has 102 valence electrons. The highest BCUT2D eigenvalue weighted by Gasteiger charge is 2.35. The second-order valence-corrected chi connectivity index (χ2v) is 5.55. The molecule has 0 aromatic heterocycles. The van der Waals surface area contributed by atoms with Gasteiger partial charge in [-0.25, -0.2) is 4.39 Å². The van der Waals surface area contributed by atoms with Crippen LogP contribution in [0.4, 0.5) is 4.39 Å². The Hall–Kier alpha value is -1.72. The third-order valence-corrected chi connectivity index (χ3v) is 3.87. The highest BCUT2D eigenvalue weighted by molar-refractivity contribution is 9.10. The third-order valence-electron chi connectivity index (χ3n) is 3.37. The molecule has 0 saturated carbocycles. The topological polar surface area (TPSA) is 40.5 Å². The molecule has 3 rings (SSSR count). The lowest BCUT2D eigenvalue weighted by Crippen LogP contribution is -2.27. The van der Waals surface area contributed by atoms with Gasteiger partial charge < -0.3 is 10.0 Å². The molecule has 0 saturated heterocycles. The number of aliphatic hydroxyl groups is 1. The number of benzene rings is 2. The van der Waals surface area contributed by atoms with E-state index < -0.39 is 12.0 Å². The maximum atomic E-state index is 13.8. The number of carbonyl (C=O) groups excluding carboxylic acids is 1. The molecule has 0 aliphatic carbocycles. The smallest absolute Gasteiger partial charge is 0.256 e. The van der Waals surface area contributed by atoms with Crippen LogP contribution >= 0.6 is 15.9 Å². The number of hydrogen-bond acceptors (Lipinski definition) is 2. The molecule has 1 amide bonds. The van der Waals surface area contributed by atoms with Crippen molar-refractivity contribution in [3.63, 3.8) is 0 Å². The lowest BCUT2D eigenvalue weighted by atomic mass is 10.1. The van der Waals surface area contributed by atoms with Crippen molar-refractivity contribution < 1.29 is 14.3 Å².